The van der Waals surface area contributed by atoms with Crippen molar-refractivity contribution in [2.45, 2.75) is 12.8 Å². The van der Waals surface area contributed by atoms with Crippen molar-refractivity contribution in [1.82, 2.24) is 10.3 Å². The summed E-state index contributed by atoms with van der Waals surface area (Å²) in [6, 6.07) is 16.3. The Morgan fingerprint density at radius 3 is 2.57 bits per heavy atom. The van der Waals surface area contributed by atoms with Crippen LogP contribution >= 0.6 is 0 Å². The molecule has 0 saturated carbocycles. The Bertz CT molecular complexity index is 652. The second kappa shape index (κ2) is 7.13. The van der Waals surface area contributed by atoms with Crippen LogP contribution in [0.4, 0.5) is 10.6 Å². The Labute approximate surface area is 136 Å². The molecule has 3 rings (SSSR count). The van der Waals surface area contributed by atoms with Crippen molar-refractivity contribution >= 4 is 11.9 Å². The second-order valence-electron chi connectivity index (χ2n) is 5.86. The van der Waals surface area contributed by atoms with Crippen molar-refractivity contribution in [3.8, 4) is 11.3 Å². The molecule has 0 aliphatic carbocycles. The molecule has 2 heterocycles. The van der Waals surface area contributed by atoms with Gasteiger partial charge in [0.05, 0.1) is 5.69 Å². The molecule has 1 saturated heterocycles. The number of carboxylic acid groups (broad SMARTS) is 1. The molecule has 23 heavy (non-hydrogen) atoms. The molecule has 120 valence electrons. The van der Waals surface area contributed by atoms with E-state index in [0.29, 0.717) is 12.5 Å². The summed E-state index contributed by atoms with van der Waals surface area (Å²) in [7, 11) is 0. The van der Waals surface area contributed by atoms with Crippen LogP contribution in [0.2, 0.25) is 0 Å². The van der Waals surface area contributed by atoms with Crippen molar-refractivity contribution < 1.29 is 9.90 Å². The summed E-state index contributed by atoms with van der Waals surface area (Å²) in [5, 5.41) is 11.2. The summed E-state index contributed by atoms with van der Waals surface area (Å²) in [6.45, 7) is 2.37. The van der Waals surface area contributed by atoms with Gasteiger partial charge in [-0.05, 0) is 30.9 Å². The maximum absolute atomic E-state index is 10.6. The molecule has 2 aromatic rings. The molecular formula is C18H21N3O2. The van der Waals surface area contributed by atoms with E-state index in [9.17, 15) is 4.79 Å². The first-order chi connectivity index (χ1) is 11.2. The van der Waals surface area contributed by atoms with Crippen molar-refractivity contribution in [3.63, 3.8) is 0 Å². The quantitative estimate of drug-likeness (QED) is 0.910. The predicted octanol–water partition coefficient (Wildman–Crippen LogP) is 3.23. The Balaban J connectivity index is 1.64. The highest BCUT2D eigenvalue weighted by Crippen LogP contribution is 2.24. The Kier molecular flexibility index (Phi) is 4.76. The molecule has 0 bridgehead atoms. The summed E-state index contributed by atoms with van der Waals surface area (Å²) in [5.74, 6) is 1.41. The van der Waals surface area contributed by atoms with Gasteiger partial charge in [0, 0.05) is 25.2 Å². The van der Waals surface area contributed by atoms with Gasteiger partial charge in [0.25, 0.3) is 0 Å². The topological polar surface area (TPSA) is 65.5 Å². The Morgan fingerprint density at radius 1 is 1.13 bits per heavy atom. The normalized spacial score (nSPS) is 15.4. The van der Waals surface area contributed by atoms with Gasteiger partial charge in [0.2, 0.25) is 0 Å². The van der Waals surface area contributed by atoms with Crippen LogP contribution in [-0.2, 0) is 0 Å². The molecule has 0 unspecified atom stereocenters. The van der Waals surface area contributed by atoms with E-state index in [1.807, 2.05) is 36.4 Å². The molecular weight excluding hydrogens is 290 g/mol. The van der Waals surface area contributed by atoms with Gasteiger partial charge in [-0.15, -0.1) is 0 Å². The number of rotatable bonds is 4. The average molecular weight is 311 g/mol. The van der Waals surface area contributed by atoms with Crippen molar-refractivity contribution in [1.29, 1.82) is 0 Å². The van der Waals surface area contributed by atoms with Crippen LogP contribution in [0.3, 0.4) is 0 Å². The van der Waals surface area contributed by atoms with E-state index in [1.165, 1.54) is 0 Å². The standard InChI is InChI=1S/C18H21N3O2/c22-18(23)19-13-14-9-11-21(12-10-14)17-8-4-7-16(20-17)15-5-2-1-3-6-15/h1-8,14,19H,9-13H2,(H,22,23). The molecule has 1 fully saturated rings. The molecule has 1 aromatic heterocycles. The smallest absolute Gasteiger partial charge is 0.404 e. The first-order valence-corrected chi connectivity index (χ1v) is 7.96. The first kappa shape index (κ1) is 15.3. The van der Waals surface area contributed by atoms with Gasteiger partial charge in [0.15, 0.2) is 0 Å². The van der Waals surface area contributed by atoms with E-state index in [0.717, 1.165) is 43.0 Å². The van der Waals surface area contributed by atoms with Gasteiger partial charge in [-0.25, -0.2) is 9.78 Å². The van der Waals surface area contributed by atoms with Crippen LogP contribution in [0, 0.1) is 5.92 Å². The lowest BCUT2D eigenvalue weighted by Gasteiger charge is -2.32. The number of anilines is 1. The number of pyridine rings is 1. The van der Waals surface area contributed by atoms with Crippen molar-refractivity contribution in [2.24, 2.45) is 5.92 Å². The minimum atomic E-state index is -0.940. The third-order valence-corrected chi connectivity index (χ3v) is 4.28. The SMILES string of the molecule is O=C(O)NCC1CCN(c2cccc(-c3ccccc3)n2)CC1. The van der Waals surface area contributed by atoms with Crippen LogP contribution in [-0.4, -0.2) is 35.8 Å². The molecule has 0 atom stereocenters. The van der Waals surface area contributed by atoms with Gasteiger partial charge in [-0.3, -0.25) is 0 Å². The summed E-state index contributed by atoms with van der Waals surface area (Å²) < 4.78 is 0. The molecule has 1 aliphatic heterocycles. The van der Waals surface area contributed by atoms with Crippen LogP contribution in [0.5, 0.6) is 0 Å². The Morgan fingerprint density at radius 2 is 1.87 bits per heavy atom. The minimum Gasteiger partial charge on any atom is -0.465 e. The molecule has 0 spiro atoms. The maximum atomic E-state index is 10.6. The Hall–Kier alpha value is -2.56. The number of hydrogen-bond donors (Lipinski definition) is 2. The lowest BCUT2D eigenvalue weighted by Crippen LogP contribution is -2.38. The highest BCUT2D eigenvalue weighted by Gasteiger charge is 2.20. The van der Waals surface area contributed by atoms with Crippen molar-refractivity contribution in [3.05, 3.63) is 48.5 Å². The van der Waals surface area contributed by atoms with E-state index >= 15 is 0 Å². The predicted molar refractivity (Wildman–Crippen MR) is 90.6 cm³/mol. The van der Waals surface area contributed by atoms with Gasteiger partial charge in [-0.1, -0.05) is 36.4 Å². The van der Waals surface area contributed by atoms with Crippen LogP contribution in [0.25, 0.3) is 11.3 Å². The molecule has 5 nitrogen and oxygen atoms in total. The van der Waals surface area contributed by atoms with Gasteiger partial charge in [-0.2, -0.15) is 0 Å². The molecule has 5 heteroatoms. The van der Waals surface area contributed by atoms with E-state index in [1.54, 1.807) is 0 Å². The monoisotopic (exact) mass is 311 g/mol. The number of piperidine rings is 1. The van der Waals surface area contributed by atoms with Gasteiger partial charge in [0.1, 0.15) is 5.82 Å². The summed E-state index contributed by atoms with van der Waals surface area (Å²) in [5.41, 5.74) is 2.10. The minimum absolute atomic E-state index is 0.416. The number of aromatic nitrogens is 1. The van der Waals surface area contributed by atoms with Gasteiger partial charge >= 0.3 is 6.09 Å². The highest BCUT2D eigenvalue weighted by atomic mass is 16.4. The second-order valence-corrected chi connectivity index (χ2v) is 5.86. The van der Waals surface area contributed by atoms with E-state index in [4.69, 9.17) is 10.1 Å². The largest absolute Gasteiger partial charge is 0.465 e. The molecule has 0 radical (unpaired) electrons. The number of amides is 1. The van der Waals surface area contributed by atoms with Crippen LogP contribution < -0.4 is 10.2 Å². The first-order valence-electron chi connectivity index (χ1n) is 7.96. The number of carbonyl (C=O) groups is 1. The maximum Gasteiger partial charge on any atom is 0.404 e. The summed E-state index contributed by atoms with van der Waals surface area (Å²) in [4.78, 5) is 17.6. The number of hydrogen-bond acceptors (Lipinski definition) is 3. The van der Waals surface area contributed by atoms with Gasteiger partial charge < -0.3 is 15.3 Å². The van der Waals surface area contributed by atoms with Crippen LogP contribution in [0.15, 0.2) is 48.5 Å². The van der Waals surface area contributed by atoms with E-state index < -0.39 is 6.09 Å². The number of benzene rings is 1. The molecule has 1 amide bonds. The lowest BCUT2D eigenvalue weighted by atomic mass is 9.97. The summed E-state index contributed by atoms with van der Waals surface area (Å²) >= 11 is 0. The van der Waals surface area contributed by atoms with Crippen LogP contribution in [0.1, 0.15) is 12.8 Å². The molecule has 2 N–H and O–H groups in total. The zero-order chi connectivity index (χ0) is 16.1. The van der Waals surface area contributed by atoms with Crippen molar-refractivity contribution in [2.75, 3.05) is 24.5 Å². The third kappa shape index (κ3) is 4.00. The van der Waals surface area contributed by atoms with E-state index in [2.05, 4.69) is 22.3 Å². The molecule has 1 aliphatic rings. The third-order valence-electron chi connectivity index (χ3n) is 4.28. The summed E-state index contributed by atoms with van der Waals surface area (Å²) in [6.07, 6.45) is 1.03. The fraction of sp³-hybridized carbons (Fsp3) is 0.333. The fourth-order valence-corrected chi connectivity index (χ4v) is 2.97. The number of nitrogens with one attached hydrogen (secondary N) is 1. The highest BCUT2D eigenvalue weighted by molar-refractivity contribution is 5.64. The zero-order valence-corrected chi connectivity index (χ0v) is 13.0. The average Bonchev–Trinajstić information content (AvgIpc) is 2.61. The van der Waals surface area contributed by atoms with E-state index in [-0.39, 0.29) is 0 Å². The molecule has 1 aromatic carbocycles. The number of nitrogens with zero attached hydrogens (tertiary/aromatic N) is 2. The zero-order valence-electron chi connectivity index (χ0n) is 13.0. The fourth-order valence-electron chi connectivity index (χ4n) is 2.97. The lowest BCUT2D eigenvalue weighted by molar-refractivity contribution is 0.191.